The number of rotatable bonds is 6. The van der Waals surface area contributed by atoms with E-state index in [1.807, 2.05) is 6.92 Å². The number of aromatic nitrogens is 3. The Hall–Kier alpha value is -1.80. The van der Waals surface area contributed by atoms with Crippen molar-refractivity contribution in [2.75, 3.05) is 17.2 Å². The Bertz CT molecular complexity index is 502. The third-order valence-electron chi connectivity index (χ3n) is 2.93. The molecular weight excluding hydrogens is 287 g/mol. The van der Waals surface area contributed by atoms with E-state index in [2.05, 4.69) is 25.6 Å². The van der Waals surface area contributed by atoms with Crippen LogP contribution in [0.1, 0.15) is 33.6 Å². The fourth-order valence-electron chi connectivity index (χ4n) is 1.73. The minimum absolute atomic E-state index is 0.00331. The van der Waals surface area contributed by atoms with Gasteiger partial charge >= 0.3 is 12.2 Å². The Balaban J connectivity index is 2.24. The lowest BCUT2D eigenvalue weighted by Gasteiger charge is -2.21. The topological polar surface area (TPSA) is 72.0 Å². The molecule has 9 heteroatoms. The highest BCUT2D eigenvalue weighted by Crippen LogP contribution is 2.50. The molecule has 2 rings (SSSR count). The minimum atomic E-state index is -4.34. The van der Waals surface area contributed by atoms with Gasteiger partial charge in [0, 0.05) is 6.54 Å². The molecule has 2 N–H and O–H groups in total. The summed E-state index contributed by atoms with van der Waals surface area (Å²) in [5.74, 6) is 0.0510. The summed E-state index contributed by atoms with van der Waals surface area (Å²) in [7, 11) is 0. The number of alkyl halides is 3. The average molecular weight is 305 g/mol. The zero-order valence-corrected chi connectivity index (χ0v) is 12.1. The first-order valence-electron chi connectivity index (χ1n) is 6.77. The van der Waals surface area contributed by atoms with E-state index in [0.29, 0.717) is 6.54 Å². The van der Waals surface area contributed by atoms with Crippen molar-refractivity contribution in [1.82, 2.24) is 15.0 Å². The molecule has 0 aliphatic heterocycles. The summed E-state index contributed by atoms with van der Waals surface area (Å²) in [6.07, 6.45) is -4.50. The number of nitrogens with zero attached hydrogens (tertiary/aromatic N) is 3. The normalized spacial score (nSPS) is 16.7. The van der Waals surface area contributed by atoms with Gasteiger partial charge in [0.1, 0.15) is 5.54 Å². The van der Waals surface area contributed by atoms with Crippen LogP contribution in [0.15, 0.2) is 0 Å². The van der Waals surface area contributed by atoms with Crippen molar-refractivity contribution in [2.24, 2.45) is 0 Å². The van der Waals surface area contributed by atoms with Crippen molar-refractivity contribution in [3.63, 3.8) is 0 Å². The second-order valence-corrected chi connectivity index (χ2v) is 5.17. The number of halogens is 3. The molecular formula is C12H18F3N5O. The predicted octanol–water partition coefficient (Wildman–Crippen LogP) is 2.60. The van der Waals surface area contributed by atoms with E-state index in [1.165, 1.54) is 0 Å². The molecule has 0 aromatic carbocycles. The molecule has 1 heterocycles. The number of nitrogens with one attached hydrogen (secondary N) is 2. The number of ether oxygens (including phenoxy) is 1. The van der Waals surface area contributed by atoms with Gasteiger partial charge in [-0.25, -0.2) is 0 Å². The first kappa shape index (κ1) is 15.6. The molecule has 0 atom stereocenters. The zero-order chi connectivity index (χ0) is 15.7. The van der Waals surface area contributed by atoms with Crippen LogP contribution in [0.2, 0.25) is 0 Å². The van der Waals surface area contributed by atoms with Crippen LogP contribution < -0.4 is 15.4 Å². The van der Waals surface area contributed by atoms with E-state index in [4.69, 9.17) is 4.74 Å². The summed E-state index contributed by atoms with van der Waals surface area (Å²) in [4.78, 5) is 11.8. The molecule has 21 heavy (non-hydrogen) atoms. The maximum Gasteiger partial charge on any atom is 0.411 e. The minimum Gasteiger partial charge on any atom is -0.461 e. The first-order valence-corrected chi connectivity index (χ1v) is 6.77. The molecule has 0 radical (unpaired) electrons. The van der Waals surface area contributed by atoms with Crippen molar-refractivity contribution in [3.8, 4) is 6.01 Å². The molecule has 0 amide bonds. The Morgan fingerprint density at radius 2 is 1.81 bits per heavy atom. The van der Waals surface area contributed by atoms with Crippen LogP contribution in [-0.2, 0) is 0 Å². The second kappa shape index (κ2) is 5.53. The Kier molecular flexibility index (Phi) is 4.11. The lowest BCUT2D eigenvalue weighted by molar-refractivity contribution is -0.151. The van der Waals surface area contributed by atoms with Crippen molar-refractivity contribution >= 4 is 11.9 Å². The van der Waals surface area contributed by atoms with Gasteiger partial charge in [0.2, 0.25) is 11.9 Å². The average Bonchev–Trinajstić information content (AvgIpc) is 3.08. The fraction of sp³-hybridized carbons (Fsp3) is 0.750. The molecule has 6 nitrogen and oxygen atoms in total. The van der Waals surface area contributed by atoms with E-state index in [-0.39, 0.29) is 36.9 Å². The molecule has 0 unspecified atom stereocenters. The quantitative estimate of drug-likeness (QED) is 0.841. The van der Waals surface area contributed by atoms with E-state index < -0.39 is 11.7 Å². The Morgan fingerprint density at radius 3 is 2.29 bits per heavy atom. The van der Waals surface area contributed by atoms with Gasteiger partial charge in [-0.15, -0.1) is 0 Å². The molecule has 1 aromatic heterocycles. The predicted molar refractivity (Wildman–Crippen MR) is 71.4 cm³/mol. The monoisotopic (exact) mass is 305 g/mol. The molecule has 1 aromatic rings. The van der Waals surface area contributed by atoms with Gasteiger partial charge in [-0.05, 0) is 33.6 Å². The molecule has 0 saturated heterocycles. The smallest absolute Gasteiger partial charge is 0.411 e. The highest BCUT2D eigenvalue weighted by molar-refractivity contribution is 5.41. The maximum atomic E-state index is 13.0. The highest BCUT2D eigenvalue weighted by Gasteiger charge is 2.64. The van der Waals surface area contributed by atoms with Crippen molar-refractivity contribution in [2.45, 2.75) is 51.4 Å². The summed E-state index contributed by atoms with van der Waals surface area (Å²) >= 11 is 0. The van der Waals surface area contributed by atoms with Crippen molar-refractivity contribution in [1.29, 1.82) is 0 Å². The Labute approximate surface area is 120 Å². The molecule has 1 aliphatic carbocycles. The standard InChI is InChI=1S/C12H18F3N5O/c1-4-16-8-17-9(19-10(18-8)21-7(2)3)20-11(5-6-11)12(13,14)15/h7H,4-6H2,1-3H3,(H2,16,17,18,19,20). The van der Waals surface area contributed by atoms with Crippen molar-refractivity contribution in [3.05, 3.63) is 0 Å². The second-order valence-electron chi connectivity index (χ2n) is 5.17. The van der Waals surface area contributed by atoms with E-state index in [1.54, 1.807) is 13.8 Å². The number of anilines is 2. The third kappa shape index (κ3) is 3.64. The van der Waals surface area contributed by atoms with Crippen LogP contribution >= 0.6 is 0 Å². The van der Waals surface area contributed by atoms with Gasteiger partial charge in [-0.1, -0.05) is 0 Å². The van der Waals surface area contributed by atoms with Gasteiger partial charge in [0.15, 0.2) is 0 Å². The summed E-state index contributed by atoms with van der Waals surface area (Å²) in [5, 5.41) is 5.22. The van der Waals surface area contributed by atoms with Crippen molar-refractivity contribution < 1.29 is 17.9 Å². The molecule has 0 bridgehead atoms. The van der Waals surface area contributed by atoms with Crippen LogP contribution in [0.25, 0.3) is 0 Å². The van der Waals surface area contributed by atoms with Crippen LogP contribution in [-0.4, -0.2) is 39.3 Å². The summed E-state index contributed by atoms with van der Waals surface area (Å²) < 4.78 is 44.2. The summed E-state index contributed by atoms with van der Waals surface area (Å²) in [5.41, 5.74) is -1.92. The van der Waals surface area contributed by atoms with Gasteiger partial charge in [0.25, 0.3) is 0 Å². The molecule has 1 saturated carbocycles. The molecule has 0 spiro atoms. The van der Waals surface area contributed by atoms with E-state index in [0.717, 1.165) is 0 Å². The molecule has 1 aliphatic rings. The van der Waals surface area contributed by atoms with E-state index >= 15 is 0 Å². The van der Waals surface area contributed by atoms with Gasteiger partial charge in [0.05, 0.1) is 6.10 Å². The summed E-state index contributed by atoms with van der Waals surface area (Å²) in [6, 6.07) is -0.00331. The fourth-order valence-corrected chi connectivity index (χ4v) is 1.73. The van der Waals surface area contributed by atoms with Gasteiger partial charge < -0.3 is 15.4 Å². The number of hydrogen-bond acceptors (Lipinski definition) is 6. The van der Waals surface area contributed by atoms with Crippen LogP contribution in [0.3, 0.4) is 0 Å². The lowest BCUT2D eigenvalue weighted by Crippen LogP contribution is -2.39. The van der Waals surface area contributed by atoms with Crippen LogP contribution in [0, 0.1) is 0 Å². The first-order chi connectivity index (χ1) is 9.75. The third-order valence-corrected chi connectivity index (χ3v) is 2.93. The summed E-state index contributed by atoms with van der Waals surface area (Å²) in [6.45, 7) is 5.93. The number of hydrogen-bond donors (Lipinski definition) is 2. The lowest BCUT2D eigenvalue weighted by atomic mass is 10.3. The molecule has 1 fully saturated rings. The van der Waals surface area contributed by atoms with Gasteiger partial charge in [-0.2, -0.15) is 28.1 Å². The molecule has 118 valence electrons. The van der Waals surface area contributed by atoms with Crippen LogP contribution in [0.5, 0.6) is 6.01 Å². The zero-order valence-electron chi connectivity index (χ0n) is 12.1. The maximum absolute atomic E-state index is 13.0. The SMILES string of the molecule is CCNc1nc(NC2(C(F)(F)F)CC2)nc(OC(C)C)n1. The van der Waals surface area contributed by atoms with Gasteiger partial charge in [-0.3, -0.25) is 0 Å². The Morgan fingerprint density at radius 1 is 1.19 bits per heavy atom. The highest BCUT2D eigenvalue weighted by atomic mass is 19.4. The van der Waals surface area contributed by atoms with Crippen LogP contribution in [0.4, 0.5) is 25.1 Å². The van der Waals surface area contributed by atoms with E-state index in [9.17, 15) is 13.2 Å². The largest absolute Gasteiger partial charge is 0.461 e.